The van der Waals surface area contributed by atoms with Gasteiger partial charge in [-0.05, 0) is 18.1 Å². The van der Waals surface area contributed by atoms with E-state index in [9.17, 15) is 0 Å². The normalized spacial score (nSPS) is 12.6. The Morgan fingerprint density at radius 3 is 2.76 bits per heavy atom. The van der Waals surface area contributed by atoms with Gasteiger partial charge in [-0.1, -0.05) is 34.1 Å². The Morgan fingerprint density at radius 1 is 1.35 bits per heavy atom. The largest absolute Gasteiger partial charge is 0.327 e. The minimum atomic E-state index is 0.0524. The highest BCUT2D eigenvalue weighted by molar-refractivity contribution is 9.10. The van der Waals surface area contributed by atoms with Crippen LogP contribution in [0.5, 0.6) is 0 Å². The van der Waals surface area contributed by atoms with Crippen molar-refractivity contribution in [1.82, 2.24) is 14.8 Å². The smallest absolute Gasteiger partial charge is 0.138 e. The zero-order valence-electron chi connectivity index (χ0n) is 9.68. The first-order chi connectivity index (χ1) is 8.16. The van der Waals surface area contributed by atoms with Gasteiger partial charge in [0.25, 0.3) is 0 Å². The summed E-state index contributed by atoms with van der Waals surface area (Å²) in [7, 11) is 1.88. The molecule has 0 fully saturated rings. The van der Waals surface area contributed by atoms with Gasteiger partial charge in [0, 0.05) is 24.0 Å². The Hall–Kier alpha value is -1.20. The van der Waals surface area contributed by atoms with Gasteiger partial charge >= 0.3 is 0 Å². The van der Waals surface area contributed by atoms with Gasteiger partial charge in [0.2, 0.25) is 0 Å². The molecule has 0 saturated heterocycles. The highest BCUT2D eigenvalue weighted by Gasteiger charge is 2.10. The minimum Gasteiger partial charge on any atom is -0.327 e. The highest BCUT2D eigenvalue weighted by atomic mass is 79.9. The van der Waals surface area contributed by atoms with E-state index < -0.39 is 0 Å². The second-order valence-corrected chi connectivity index (χ2v) is 4.91. The Morgan fingerprint density at radius 2 is 2.12 bits per heavy atom. The molecule has 5 heteroatoms. The number of hydrogen-bond donors (Lipinski definition) is 1. The maximum atomic E-state index is 6.13. The monoisotopic (exact) mass is 294 g/mol. The van der Waals surface area contributed by atoms with Crippen LogP contribution in [0.1, 0.15) is 11.4 Å². The lowest BCUT2D eigenvalue weighted by Gasteiger charge is -2.12. The maximum absolute atomic E-state index is 6.13. The predicted molar refractivity (Wildman–Crippen MR) is 70.5 cm³/mol. The van der Waals surface area contributed by atoms with Crippen LogP contribution < -0.4 is 5.73 Å². The van der Waals surface area contributed by atoms with E-state index in [0.29, 0.717) is 0 Å². The van der Waals surface area contributed by atoms with E-state index in [1.54, 1.807) is 11.0 Å². The van der Waals surface area contributed by atoms with Gasteiger partial charge in [-0.2, -0.15) is 5.10 Å². The molecular weight excluding hydrogens is 280 g/mol. The summed E-state index contributed by atoms with van der Waals surface area (Å²) in [5.74, 6) is 0.921. The quantitative estimate of drug-likeness (QED) is 0.934. The summed E-state index contributed by atoms with van der Waals surface area (Å²) in [4.78, 5) is 4.18. The Balaban J connectivity index is 2.01. The van der Waals surface area contributed by atoms with Crippen LogP contribution in [0.4, 0.5) is 0 Å². The topological polar surface area (TPSA) is 56.7 Å². The van der Waals surface area contributed by atoms with Gasteiger partial charge in [0.15, 0.2) is 0 Å². The summed E-state index contributed by atoms with van der Waals surface area (Å²) >= 11 is 3.53. The molecule has 2 aromatic rings. The van der Waals surface area contributed by atoms with Crippen molar-refractivity contribution in [2.75, 3.05) is 0 Å². The summed E-state index contributed by atoms with van der Waals surface area (Å²) < 4.78 is 2.87. The number of halogens is 1. The molecule has 0 aliphatic carbocycles. The molecular formula is C12H15BrN4. The molecule has 4 nitrogen and oxygen atoms in total. The summed E-state index contributed by atoms with van der Waals surface area (Å²) in [5.41, 5.74) is 7.36. The van der Waals surface area contributed by atoms with Crippen molar-refractivity contribution in [3.63, 3.8) is 0 Å². The van der Waals surface area contributed by atoms with Gasteiger partial charge < -0.3 is 5.73 Å². The molecule has 2 N–H and O–H groups in total. The molecule has 1 heterocycles. The molecule has 2 rings (SSSR count). The highest BCUT2D eigenvalue weighted by Crippen LogP contribution is 2.17. The van der Waals surface area contributed by atoms with Crippen molar-refractivity contribution in [2.24, 2.45) is 12.8 Å². The average molecular weight is 295 g/mol. The lowest BCUT2D eigenvalue weighted by molar-refractivity contribution is 0.602. The second kappa shape index (κ2) is 5.42. The van der Waals surface area contributed by atoms with E-state index in [1.807, 2.05) is 25.2 Å². The first-order valence-electron chi connectivity index (χ1n) is 5.48. The lowest BCUT2D eigenvalue weighted by Crippen LogP contribution is -2.27. The first kappa shape index (κ1) is 12.3. The van der Waals surface area contributed by atoms with Crippen LogP contribution in [0.3, 0.4) is 0 Å². The second-order valence-electron chi connectivity index (χ2n) is 4.06. The molecule has 90 valence electrons. The predicted octanol–water partition coefficient (Wildman–Crippen LogP) is 1.69. The summed E-state index contributed by atoms with van der Waals surface area (Å²) in [6, 6.07) is 8.19. The van der Waals surface area contributed by atoms with Gasteiger partial charge in [-0.3, -0.25) is 4.68 Å². The SMILES string of the molecule is Cn1ncnc1CC(N)Cc1ccccc1Br. The van der Waals surface area contributed by atoms with Crippen LogP contribution in [0.25, 0.3) is 0 Å². The fourth-order valence-electron chi connectivity index (χ4n) is 1.76. The van der Waals surface area contributed by atoms with Crippen LogP contribution in [-0.2, 0) is 19.9 Å². The molecule has 1 aromatic carbocycles. The Kier molecular flexibility index (Phi) is 3.91. The molecule has 0 aliphatic heterocycles. The van der Waals surface area contributed by atoms with Crippen molar-refractivity contribution >= 4 is 15.9 Å². The lowest BCUT2D eigenvalue weighted by atomic mass is 10.0. The fraction of sp³-hybridized carbons (Fsp3) is 0.333. The third-order valence-electron chi connectivity index (χ3n) is 2.69. The fourth-order valence-corrected chi connectivity index (χ4v) is 2.20. The standard InChI is InChI=1S/C12H15BrN4/c1-17-12(15-8-16-17)7-10(14)6-9-4-2-3-5-11(9)13/h2-5,8,10H,6-7,14H2,1H3. The molecule has 1 aromatic heterocycles. The van der Waals surface area contributed by atoms with Gasteiger partial charge in [-0.15, -0.1) is 0 Å². The number of hydrogen-bond acceptors (Lipinski definition) is 3. The van der Waals surface area contributed by atoms with Gasteiger partial charge in [0.05, 0.1) is 0 Å². The van der Waals surface area contributed by atoms with E-state index >= 15 is 0 Å². The van der Waals surface area contributed by atoms with Crippen molar-refractivity contribution in [1.29, 1.82) is 0 Å². The molecule has 0 amide bonds. The third kappa shape index (κ3) is 3.14. The number of nitrogens with zero attached hydrogens (tertiary/aromatic N) is 3. The maximum Gasteiger partial charge on any atom is 0.138 e. The van der Waals surface area contributed by atoms with Crippen LogP contribution in [0.2, 0.25) is 0 Å². The molecule has 0 radical (unpaired) electrons. The number of benzene rings is 1. The molecule has 0 bridgehead atoms. The van der Waals surface area contributed by atoms with E-state index in [0.717, 1.165) is 23.1 Å². The van der Waals surface area contributed by atoms with Crippen molar-refractivity contribution < 1.29 is 0 Å². The first-order valence-corrected chi connectivity index (χ1v) is 6.28. The van der Waals surface area contributed by atoms with Gasteiger partial charge in [-0.25, -0.2) is 4.98 Å². The summed E-state index contributed by atoms with van der Waals surface area (Å²) in [6.45, 7) is 0. The van der Waals surface area contributed by atoms with E-state index in [1.165, 1.54) is 5.56 Å². The summed E-state index contributed by atoms with van der Waals surface area (Å²) in [6.07, 6.45) is 3.12. The van der Waals surface area contributed by atoms with E-state index in [4.69, 9.17) is 5.73 Å². The van der Waals surface area contributed by atoms with Crippen LogP contribution >= 0.6 is 15.9 Å². The van der Waals surface area contributed by atoms with Crippen LogP contribution in [0, 0.1) is 0 Å². The number of rotatable bonds is 4. The molecule has 0 aliphatic rings. The summed E-state index contributed by atoms with van der Waals surface area (Å²) in [5, 5.41) is 4.04. The zero-order chi connectivity index (χ0) is 12.3. The Labute approximate surface area is 109 Å². The molecule has 0 saturated carbocycles. The molecule has 1 atom stereocenters. The third-order valence-corrected chi connectivity index (χ3v) is 3.46. The minimum absolute atomic E-state index is 0.0524. The average Bonchev–Trinajstić information content (AvgIpc) is 2.68. The van der Waals surface area contributed by atoms with Crippen molar-refractivity contribution in [2.45, 2.75) is 18.9 Å². The van der Waals surface area contributed by atoms with Gasteiger partial charge in [0.1, 0.15) is 12.2 Å². The van der Waals surface area contributed by atoms with Crippen LogP contribution in [-0.4, -0.2) is 20.8 Å². The number of nitrogens with two attached hydrogens (primary N) is 1. The molecule has 0 spiro atoms. The van der Waals surface area contributed by atoms with E-state index in [2.05, 4.69) is 32.1 Å². The molecule has 1 unspecified atom stereocenters. The van der Waals surface area contributed by atoms with E-state index in [-0.39, 0.29) is 6.04 Å². The molecule has 17 heavy (non-hydrogen) atoms. The Bertz CT molecular complexity index is 495. The number of aryl methyl sites for hydroxylation is 1. The number of aromatic nitrogens is 3. The zero-order valence-corrected chi connectivity index (χ0v) is 11.3. The van der Waals surface area contributed by atoms with Crippen molar-refractivity contribution in [3.05, 3.63) is 46.5 Å². The van der Waals surface area contributed by atoms with Crippen LogP contribution in [0.15, 0.2) is 35.1 Å². The van der Waals surface area contributed by atoms with Crippen molar-refractivity contribution in [3.8, 4) is 0 Å².